The van der Waals surface area contributed by atoms with Gasteiger partial charge in [-0.05, 0) is 57.1 Å². The molecule has 33 heavy (non-hydrogen) atoms. The summed E-state index contributed by atoms with van der Waals surface area (Å²) in [6.07, 6.45) is 0. The molecule has 3 aromatic rings. The zero-order valence-corrected chi connectivity index (χ0v) is 23.1. The highest BCUT2D eigenvalue weighted by Gasteiger charge is 2.40. The van der Waals surface area contributed by atoms with Gasteiger partial charge in [0.2, 0.25) is 8.32 Å². The third kappa shape index (κ3) is 5.62. The third-order valence-corrected chi connectivity index (χ3v) is 13.5. The van der Waals surface area contributed by atoms with Crippen molar-refractivity contribution in [3.05, 3.63) is 78.9 Å². The van der Waals surface area contributed by atoms with Crippen LogP contribution in [0.15, 0.2) is 78.9 Å². The summed E-state index contributed by atoms with van der Waals surface area (Å²) in [5.41, 5.74) is -0.436. The first-order chi connectivity index (χ1) is 15.2. The fourth-order valence-corrected chi connectivity index (χ4v) is 7.17. The molecule has 0 spiro atoms. The number of hydrogen-bond acceptors (Lipinski definition) is 3. The Hall–Kier alpha value is -2.29. The van der Waals surface area contributed by atoms with Gasteiger partial charge in [0, 0.05) is 10.6 Å². The van der Waals surface area contributed by atoms with Crippen LogP contribution >= 0.6 is 7.14 Å². The SMILES string of the molecule is CC(C)(C)Oc1ccc(O[Si](C)(C)C(C)(C)C)cc1P(=O)(c1ccccc1)c1ccccc1. The van der Waals surface area contributed by atoms with E-state index in [2.05, 4.69) is 33.9 Å². The number of ether oxygens (including phenoxy) is 1. The molecule has 0 saturated carbocycles. The van der Waals surface area contributed by atoms with Gasteiger partial charge in [-0.25, -0.2) is 0 Å². The molecule has 0 N–H and O–H groups in total. The summed E-state index contributed by atoms with van der Waals surface area (Å²) in [5.74, 6) is 1.37. The zero-order valence-electron chi connectivity index (χ0n) is 21.2. The molecular formula is C28H37O3PSi. The molecule has 3 nitrogen and oxygen atoms in total. The quantitative estimate of drug-likeness (QED) is 0.285. The van der Waals surface area contributed by atoms with Crippen LogP contribution in [0.5, 0.6) is 11.5 Å². The molecule has 0 aliphatic carbocycles. The smallest absolute Gasteiger partial charge is 0.250 e. The summed E-state index contributed by atoms with van der Waals surface area (Å²) >= 11 is 0. The lowest BCUT2D eigenvalue weighted by molar-refractivity contribution is 0.132. The van der Waals surface area contributed by atoms with Crippen LogP contribution in [0, 0.1) is 0 Å². The van der Waals surface area contributed by atoms with Crippen LogP contribution in [-0.2, 0) is 4.57 Å². The summed E-state index contributed by atoms with van der Waals surface area (Å²) < 4.78 is 28.1. The lowest BCUT2D eigenvalue weighted by Crippen LogP contribution is -2.44. The fourth-order valence-electron chi connectivity index (χ4n) is 3.37. The van der Waals surface area contributed by atoms with Gasteiger partial charge in [0.15, 0.2) is 7.14 Å². The molecule has 5 heteroatoms. The first-order valence-electron chi connectivity index (χ1n) is 11.5. The lowest BCUT2D eigenvalue weighted by Gasteiger charge is -2.37. The van der Waals surface area contributed by atoms with E-state index in [1.54, 1.807) is 0 Å². The number of benzene rings is 3. The molecule has 0 unspecified atom stereocenters. The van der Waals surface area contributed by atoms with E-state index in [4.69, 9.17) is 9.16 Å². The summed E-state index contributed by atoms with van der Waals surface area (Å²) in [4.78, 5) is 0. The van der Waals surface area contributed by atoms with Crippen LogP contribution in [-0.4, -0.2) is 13.9 Å². The van der Waals surface area contributed by atoms with Crippen molar-refractivity contribution in [3.8, 4) is 11.5 Å². The Balaban J connectivity index is 2.28. The van der Waals surface area contributed by atoms with Crippen molar-refractivity contribution in [3.63, 3.8) is 0 Å². The van der Waals surface area contributed by atoms with Crippen molar-refractivity contribution in [2.24, 2.45) is 0 Å². The Morgan fingerprint density at radius 3 is 1.64 bits per heavy atom. The lowest BCUT2D eigenvalue weighted by atomic mass is 10.2. The van der Waals surface area contributed by atoms with Gasteiger partial charge < -0.3 is 13.7 Å². The molecule has 0 heterocycles. The predicted molar refractivity (Wildman–Crippen MR) is 144 cm³/mol. The molecule has 176 valence electrons. The molecule has 0 fully saturated rings. The van der Waals surface area contributed by atoms with Crippen LogP contribution in [0.4, 0.5) is 0 Å². The largest absolute Gasteiger partial charge is 0.543 e. The fraction of sp³-hybridized carbons (Fsp3) is 0.357. The Kier molecular flexibility index (Phi) is 7.03. The second-order valence-corrected chi connectivity index (χ2v) is 18.4. The minimum absolute atomic E-state index is 0.0519. The second kappa shape index (κ2) is 9.16. The van der Waals surface area contributed by atoms with Gasteiger partial charge in [-0.2, -0.15) is 0 Å². The standard InChI is InChI=1S/C28H37O3PSi/c1-27(2,3)30-25-20-19-22(31-33(7,8)28(4,5)6)21-26(25)32(29,23-15-11-9-12-16-23)24-17-13-10-14-18-24/h9-21H,1-8H3. The van der Waals surface area contributed by atoms with Crippen molar-refractivity contribution >= 4 is 31.4 Å². The van der Waals surface area contributed by atoms with Gasteiger partial charge in [-0.1, -0.05) is 81.4 Å². The van der Waals surface area contributed by atoms with Crippen molar-refractivity contribution in [2.45, 2.75) is 65.3 Å². The van der Waals surface area contributed by atoms with Crippen LogP contribution in [0.3, 0.4) is 0 Å². The van der Waals surface area contributed by atoms with Crippen LogP contribution < -0.4 is 25.1 Å². The van der Waals surface area contributed by atoms with E-state index in [-0.39, 0.29) is 5.04 Å². The minimum Gasteiger partial charge on any atom is -0.543 e. The minimum atomic E-state index is -3.22. The molecule has 0 amide bonds. The maximum Gasteiger partial charge on any atom is 0.250 e. The maximum atomic E-state index is 15.1. The molecule has 0 saturated heterocycles. The summed E-state index contributed by atoms with van der Waals surface area (Å²) in [6.45, 7) is 17.1. The number of hydrogen-bond donors (Lipinski definition) is 0. The van der Waals surface area contributed by atoms with Crippen LogP contribution in [0.25, 0.3) is 0 Å². The van der Waals surface area contributed by atoms with Gasteiger partial charge in [-0.15, -0.1) is 0 Å². The molecule has 0 atom stereocenters. The van der Waals surface area contributed by atoms with E-state index < -0.39 is 21.1 Å². The average molecular weight is 481 g/mol. The first-order valence-corrected chi connectivity index (χ1v) is 16.1. The average Bonchev–Trinajstić information content (AvgIpc) is 2.73. The van der Waals surface area contributed by atoms with E-state index in [9.17, 15) is 0 Å². The third-order valence-electron chi connectivity index (χ3n) is 6.10. The Bertz CT molecular complexity index is 1080. The summed E-state index contributed by atoms with van der Waals surface area (Å²) in [5, 5.41) is 2.28. The molecular weight excluding hydrogens is 443 g/mol. The molecule has 0 aromatic heterocycles. The molecule has 0 aliphatic heterocycles. The molecule has 0 aliphatic rings. The predicted octanol–water partition coefficient (Wildman–Crippen LogP) is 6.89. The Morgan fingerprint density at radius 2 is 1.21 bits per heavy atom. The van der Waals surface area contributed by atoms with Crippen molar-refractivity contribution < 1.29 is 13.7 Å². The maximum absolute atomic E-state index is 15.1. The van der Waals surface area contributed by atoms with E-state index >= 15 is 4.57 Å². The summed E-state index contributed by atoms with van der Waals surface area (Å²) in [7, 11) is -5.30. The molecule has 3 aromatic carbocycles. The first kappa shape index (κ1) is 25.3. The molecule has 0 radical (unpaired) electrons. The van der Waals surface area contributed by atoms with Crippen molar-refractivity contribution in [1.29, 1.82) is 0 Å². The molecule has 0 bridgehead atoms. The Morgan fingerprint density at radius 1 is 0.727 bits per heavy atom. The van der Waals surface area contributed by atoms with Gasteiger partial charge in [0.25, 0.3) is 0 Å². The highest BCUT2D eigenvalue weighted by molar-refractivity contribution is 7.85. The highest BCUT2D eigenvalue weighted by atomic mass is 31.2. The highest BCUT2D eigenvalue weighted by Crippen LogP contribution is 2.47. The Labute approximate surface area is 200 Å². The van der Waals surface area contributed by atoms with E-state index in [0.29, 0.717) is 11.1 Å². The van der Waals surface area contributed by atoms with E-state index in [1.807, 2.05) is 99.6 Å². The van der Waals surface area contributed by atoms with Gasteiger partial charge in [-0.3, -0.25) is 0 Å². The van der Waals surface area contributed by atoms with Crippen molar-refractivity contribution in [1.82, 2.24) is 0 Å². The van der Waals surface area contributed by atoms with Gasteiger partial charge in [0.05, 0.1) is 5.30 Å². The van der Waals surface area contributed by atoms with Gasteiger partial charge in [0.1, 0.15) is 17.1 Å². The van der Waals surface area contributed by atoms with E-state index in [0.717, 1.165) is 16.4 Å². The van der Waals surface area contributed by atoms with Crippen LogP contribution in [0.2, 0.25) is 18.1 Å². The summed E-state index contributed by atoms with van der Waals surface area (Å²) in [6, 6.07) is 25.2. The zero-order chi connectivity index (χ0) is 24.5. The topological polar surface area (TPSA) is 35.5 Å². The molecule has 3 rings (SSSR count). The normalized spacial score (nSPS) is 13.0. The van der Waals surface area contributed by atoms with Crippen LogP contribution in [0.1, 0.15) is 41.5 Å². The second-order valence-electron chi connectivity index (χ2n) is 11.0. The monoisotopic (exact) mass is 480 g/mol. The van der Waals surface area contributed by atoms with Gasteiger partial charge >= 0.3 is 0 Å². The number of rotatable bonds is 6. The van der Waals surface area contributed by atoms with E-state index in [1.165, 1.54) is 0 Å². The van der Waals surface area contributed by atoms with Crippen molar-refractivity contribution in [2.75, 3.05) is 0 Å².